The van der Waals surface area contributed by atoms with Crippen molar-refractivity contribution < 1.29 is 9.59 Å². The van der Waals surface area contributed by atoms with Gasteiger partial charge in [0.25, 0.3) is 0 Å². The maximum Gasteiger partial charge on any atom is 0.247 e. The molecule has 1 unspecified atom stereocenters. The Kier molecular flexibility index (Phi) is 9.20. The Morgan fingerprint density at radius 3 is 2.55 bits per heavy atom. The van der Waals surface area contributed by atoms with Crippen molar-refractivity contribution in [3.05, 3.63) is 24.0 Å². The minimum absolute atomic E-state index is 0.118. The number of carbonyl (C=O) groups is 2. The molecule has 0 radical (unpaired) electrons. The molecule has 5 heteroatoms. The van der Waals surface area contributed by atoms with Crippen LogP contribution in [0.15, 0.2) is 29.0 Å². The third-order valence-corrected chi connectivity index (χ3v) is 2.71. The van der Waals surface area contributed by atoms with Crippen LogP contribution in [0, 0.1) is 5.92 Å². The van der Waals surface area contributed by atoms with Gasteiger partial charge in [0.05, 0.1) is 5.71 Å². The third-order valence-electron chi connectivity index (χ3n) is 2.71. The van der Waals surface area contributed by atoms with Gasteiger partial charge in [-0.3, -0.25) is 14.6 Å². The Bertz CT molecular complexity index is 409. The van der Waals surface area contributed by atoms with Crippen molar-refractivity contribution in [2.75, 3.05) is 20.6 Å². The molecule has 0 saturated heterocycles. The van der Waals surface area contributed by atoms with Crippen molar-refractivity contribution >= 4 is 17.9 Å². The van der Waals surface area contributed by atoms with E-state index < -0.39 is 0 Å². The summed E-state index contributed by atoms with van der Waals surface area (Å²) >= 11 is 0. The lowest BCUT2D eigenvalue weighted by Crippen LogP contribution is -2.19. The lowest BCUT2D eigenvalue weighted by Gasteiger charge is -2.06. The number of allylic oxidation sites excluding steroid dienone is 1. The molecule has 5 nitrogen and oxygen atoms in total. The van der Waals surface area contributed by atoms with E-state index in [1.807, 2.05) is 32.8 Å². The van der Waals surface area contributed by atoms with Gasteiger partial charge in [-0.1, -0.05) is 19.9 Å². The molecule has 112 valence electrons. The first-order valence-corrected chi connectivity index (χ1v) is 6.72. The normalized spacial score (nSPS) is 14.7. The molecule has 0 aliphatic carbocycles. The Hall–Kier alpha value is -1.75. The summed E-state index contributed by atoms with van der Waals surface area (Å²) in [6, 6.07) is 0. The maximum atomic E-state index is 11.6. The van der Waals surface area contributed by atoms with Crippen LogP contribution in [0.4, 0.5) is 0 Å². The van der Waals surface area contributed by atoms with Gasteiger partial charge >= 0.3 is 0 Å². The van der Waals surface area contributed by atoms with Crippen LogP contribution in [0.2, 0.25) is 0 Å². The zero-order chi connectivity index (χ0) is 15.5. The molecule has 0 aromatic carbocycles. The smallest absolute Gasteiger partial charge is 0.247 e. The second-order valence-electron chi connectivity index (χ2n) is 4.95. The Balaban J connectivity index is 4.52. The Morgan fingerprint density at radius 1 is 1.40 bits per heavy atom. The van der Waals surface area contributed by atoms with Gasteiger partial charge in [0.1, 0.15) is 0 Å². The van der Waals surface area contributed by atoms with Gasteiger partial charge < -0.3 is 10.2 Å². The summed E-state index contributed by atoms with van der Waals surface area (Å²) in [7, 11) is 3.86. The highest BCUT2D eigenvalue weighted by molar-refractivity contribution is 6.29. The third kappa shape index (κ3) is 8.37. The van der Waals surface area contributed by atoms with E-state index >= 15 is 0 Å². The largest absolute Gasteiger partial charge is 0.325 e. The zero-order valence-electron chi connectivity index (χ0n) is 13.0. The minimum atomic E-state index is -0.202. The topological polar surface area (TPSA) is 61.8 Å². The molecule has 1 amide bonds. The van der Waals surface area contributed by atoms with Gasteiger partial charge in [-0.05, 0) is 27.4 Å². The standard InChI is InChI=1S/C15H25N3O2/c1-6-12(2)14(11-19)16-10-13(3)17-15(20)8-7-9-18(4)5/h7-8,10-12H,6,9H2,1-5H3,(H,17,20)/b8-7+,13-10+,16-14?. The molecule has 0 fully saturated rings. The van der Waals surface area contributed by atoms with Crippen LogP contribution in [-0.4, -0.2) is 43.4 Å². The van der Waals surface area contributed by atoms with Crippen LogP contribution in [0.3, 0.4) is 0 Å². The first-order chi connectivity index (χ1) is 9.40. The Morgan fingerprint density at radius 2 is 2.05 bits per heavy atom. The average molecular weight is 279 g/mol. The van der Waals surface area contributed by atoms with Gasteiger partial charge in [0, 0.05) is 30.4 Å². The van der Waals surface area contributed by atoms with Crippen LogP contribution in [0.5, 0.6) is 0 Å². The molecule has 0 saturated carbocycles. The van der Waals surface area contributed by atoms with Gasteiger partial charge in [-0.25, -0.2) is 0 Å². The lowest BCUT2D eigenvalue weighted by molar-refractivity contribution is -0.115. The first-order valence-electron chi connectivity index (χ1n) is 6.72. The number of hydrogen-bond donors (Lipinski definition) is 1. The molecule has 0 aromatic heterocycles. The van der Waals surface area contributed by atoms with Crippen LogP contribution in [-0.2, 0) is 9.59 Å². The molecular formula is C15H25N3O2. The number of hydrogen-bond acceptors (Lipinski definition) is 4. The van der Waals surface area contributed by atoms with Gasteiger partial charge in [0.2, 0.25) is 5.91 Å². The van der Waals surface area contributed by atoms with Gasteiger partial charge in [-0.15, -0.1) is 0 Å². The molecule has 1 atom stereocenters. The van der Waals surface area contributed by atoms with Crippen molar-refractivity contribution in [3.8, 4) is 0 Å². The molecule has 20 heavy (non-hydrogen) atoms. The molecular weight excluding hydrogens is 254 g/mol. The quantitative estimate of drug-likeness (QED) is 0.418. The van der Waals surface area contributed by atoms with E-state index in [1.54, 1.807) is 13.0 Å². The Labute approximate surface area is 121 Å². The van der Waals surface area contributed by atoms with Crippen molar-refractivity contribution in [2.45, 2.75) is 27.2 Å². The predicted octanol–water partition coefficient (Wildman–Crippen LogP) is 1.77. The van der Waals surface area contributed by atoms with Crippen molar-refractivity contribution in [2.24, 2.45) is 10.9 Å². The summed E-state index contributed by atoms with van der Waals surface area (Å²) in [4.78, 5) is 28.5. The fourth-order valence-electron chi connectivity index (χ4n) is 1.29. The van der Waals surface area contributed by atoms with Crippen LogP contribution >= 0.6 is 0 Å². The molecule has 0 aromatic rings. The fraction of sp³-hybridized carbons (Fsp3) is 0.533. The SMILES string of the molecule is CCC(C)C(C=O)=N/C=C(\C)NC(=O)/C=C/CN(C)C. The number of carbonyl (C=O) groups excluding carboxylic acids is 2. The van der Waals surface area contributed by atoms with E-state index in [2.05, 4.69) is 10.3 Å². The van der Waals surface area contributed by atoms with Crippen molar-refractivity contribution in [1.29, 1.82) is 0 Å². The van der Waals surface area contributed by atoms with Gasteiger partial charge in [-0.2, -0.15) is 0 Å². The second kappa shape index (κ2) is 10.1. The molecule has 0 aliphatic rings. The average Bonchev–Trinajstić information content (AvgIpc) is 2.38. The number of nitrogens with one attached hydrogen (secondary N) is 1. The zero-order valence-corrected chi connectivity index (χ0v) is 13.0. The van der Waals surface area contributed by atoms with Gasteiger partial charge in [0.15, 0.2) is 6.29 Å². The highest BCUT2D eigenvalue weighted by Gasteiger charge is 2.06. The monoisotopic (exact) mass is 279 g/mol. The number of nitrogens with zero attached hydrogens (tertiary/aromatic N) is 2. The van der Waals surface area contributed by atoms with Crippen LogP contribution in [0.25, 0.3) is 0 Å². The minimum Gasteiger partial charge on any atom is -0.325 e. The number of aldehydes is 1. The number of likely N-dealkylation sites (N-methyl/N-ethyl adjacent to an activating group) is 1. The van der Waals surface area contributed by atoms with E-state index in [1.165, 1.54) is 12.3 Å². The number of aliphatic imine (C=N–C) groups is 1. The fourth-order valence-corrected chi connectivity index (χ4v) is 1.29. The van der Waals surface area contributed by atoms with E-state index in [9.17, 15) is 9.59 Å². The maximum absolute atomic E-state index is 11.6. The predicted molar refractivity (Wildman–Crippen MR) is 82.5 cm³/mol. The van der Waals surface area contributed by atoms with E-state index in [0.717, 1.165) is 12.7 Å². The summed E-state index contributed by atoms with van der Waals surface area (Å²) < 4.78 is 0. The molecule has 1 N–H and O–H groups in total. The number of rotatable bonds is 8. The van der Waals surface area contributed by atoms with Crippen LogP contribution in [0.1, 0.15) is 27.2 Å². The van der Waals surface area contributed by atoms with Crippen LogP contribution < -0.4 is 5.32 Å². The summed E-state index contributed by atoms with van der Waals surface area (Å²) in [6.07, 6.45) is 6.38. The van der Waals surface area contributed by atoms with Crippen molar-refractivity contribution in [1.82, 2.24) is 10.2 Å². The summed E-state index contributed by atoms with van der Waals surface area (Å²) in [5.74, 6) is -0.0840. The van der Waals surface area contributed by atoms with Crippen molar-refractivity contribution in [3.63, 3.8) is 0 Å². The highest BCUT2D eigenvalue weighted by Crippen LogP contribution is 2.03. The van der Waals surface area contributed by atoms with E-state index in [0.29, 0.717) is 18.0 Å². The summed E-state index contributed by atoms with van der Waals surface area (Å²) in [5, 5.41) is 2.68. The summed E-state index contributed by atoms with van der Waals surface area (Å²) in [5.41, 5.74) is 1.09. The van der Waals surface area contributed by atoms with E-state index in [-0.39, 0.29) is 11.8 Å². The molecule has 0 spiro atoms. The first kappa shape index (κ1) is 18.2. The second-order valence-corrected chi connectivity index (χ2v) is 4.95. The molecule has 0 rings (SSSR count). The molecule has 0 heterocycles. The van der Waals surface area contributed by atoms with E-state index in [4.69, 9.17) is 0 Å². The molecule has 0 aliphatic heterocycles. The summed E-state index contributed by atoms with van der Waals surface area (Å²) in [6.45, 7) is 6.38. The highest BCUT2D eigenvalue weighted by atomic mass is 16.1. The lowest BCUT2D eigenvalue weighted by atomic mass is 10.0. The molecule has 0 bridgehead atoms. The number of amides is 1.